The molecule has 0 amide bonds. The number of aliphatic imine (C=N–C) groups is 1. The van der Waals surface area contributed by atoms with E-state index in [4.69, 9.17) is 9.41 Å². The van der Waals surface area contributed by atoms with Crippen LogP contribution in [0.5, 0.6) is 0 Å². The van der Waals surface area contributed by atoms with Gasteiger partial charge in [0, 0.05) is 44.2 Å². The van der Waals surface area contributed by atoms with E-state index in [-0.39, 0.29) is 0 Å². The summed E-state index contributed by atoms with van der Waals surface area (Å²) in [6.07, 6.45) is 13.6. The first-order valence-electron chi connectivity index (χ1n) is 11.2. The van der Waals surface area contributed by atoms with Crippen molar-refractivity contribution in [3.8, 4) is 0 Å². The zero-order valence-electron chi connectivity index (χ0n) is 16.4. The van der Waals surface area contributed by atoms with Crippen LogP contribution in [-0.2, 0) is 6.42 Å². The lowest BCUT2D eigenvalue weighted by molar-refractivity contribution is 0.197. The molecule has 0 radical (unpaired) electrons. The molecule has 4 aliphatic rings. The van der Waals surface area contributed by atoms with E-state index in [1.165, 1.54) is 64.5 Å². The number of guanidine groups is 1. The van der Waals surface area contributed by atoms with Crippen molar-refractivity contribution in [3.05, 3.63) is 24.2 Å². The molecule has 3 unspecified atom stereocenters. The van der Waals surface area contributed by atoms with Crippen LogP contribution >= 0.6 is 0 Å². The van der Waals surface area contributed by atoms with E-state index in [0.29, 0.717) is 12.1 Å². The molecule has 1 saturated heterocycles. The van der Waals surface area contributed by atoms with Crippen LogP contribution in [-0.4, -0.2) is 48.6 Å². The summed E-state index contributed by atoms with van der Waals surface area (Å²) < 4.78 is 5.46. The Morgan fingerprint density at radius 3 is 2.63 bits per heavy atom. The van der Waals surface area contributed by atoms with Gasteiger partial charge < -0.3 is 20.0 Å². The lowest BCUT2D eigenvalue weighted by Gasteiger charge is -2.34. The topological polar surface area (TPSA) is 52.8 Å². The number of rotatable bonds is 6. The minimum absolute atomic E-state index is 0.563. The number of nitrogens with zero attached hydrogens (tertiary/aromatic N) is 2. The largest absolute Gasteiger partial charge is 0.469 e. The third kappa shape index (κ3) is 4.34. The minimum Gasteiger partial charge on any atom is -0.469 e. The van der Waals surface area contributed by atoms with Crippen molar-refractivity contribution in [2.24, 2.45) is 16.8 Å². The number of nitrogens with one attached hydrogen (secondary N) is 2. The van der Waals surface area contributed by atoms with Crippen molar-refractivity contribution in [3.63, 3.8) is 0 Å². The van der Waals surface area contributed by atoms with Crippen molar-refractivity contribution < 1.29 is 4.42 Å². The smallest absolute Gasteiger partial charge is 0.191 e. The maximum Gasteiger partial charge on any atom is 0.191 e. The van der Waals surface area contributed by atoms with Gasteiger partial charge in [0.25, 0.3) is 0 Å². The van der Waals surface area contributed by atoms with Crippen molar-refractivity contribution in [2.75, 3.05) is 19.6 Å². The van der Waals surface area contributed by atoms with Crippen LogP contribution in [0.2, 0.25) is 0 Å². The van der Waals surface area contributed by atoms with E-state index >= 15 is 0 Å². The Balaban J connectivity index is 1.17. The molecule has 1 aliphatic heterocycles. The molecule has 0 aromatic carbocycles. The van der Waals surface area contributed by atoms with Crippen LogP contribution in [0.4, 0.5) is 0 Å². The Bertz CT molecular complexity index is 631. The predicted octanol–water partition coefficient (Wildman–Crippen LogP) is 3.17. The number of hydrogen-bond donors (Lipinski definition) is 2. The molecule has 0 spiro atoms. The first-order valence-corrected chi connectivity index (χ1v) is 11.2. The lowest BCUT2D eigenvalue weighted by atomic mass is 9.95. The highest BCUT2D eigenvalue weighted by atomic mass is 16.3. The fourth-order valence-corrected chi connectivity index (χ4v) is 5.50. The zero-order valence-corrected chi connectivity index (χ0v) is 16.4. The molecular weight excluding hydrogens is 336 g/mol. The maximum absolute atomic E-state index is 5.46. The Hall–Kier alpha value is -1.49. The normalized spacial score (nSPS) is 32.1. The third-order valence-electron chi connectivity index (χ3n) is 7.20. The molecule has 3 aliphatic carbocycles. The maximum atomic E-state index is 5.46. The highest BCUT2D eigenvalue weighted by molar-refractivity contribution is 5.80. The van der Waals surface area contributed by atoms with Gasteiger partial charge in [-0.3, -0.25) is 4.99 Å². The monoisotopic (exact) mass is 370 g/mol. The van der Waals surface area contributed by atoms with E-state index in [1.54, 1.807) is 6.26 Å². The summed E-state index contributed by atoms with van der Waals surface area (Å²) in [6.45, 7) is 3.27. The lowest BCUT2D eigenvalue weighted by Crippen LogP contribution is -2.52. The highest BCUT2D eigenvalue weighted by Gasteiger charge is 2.40. The van der Waals surface area contributed by atoms with E-state index in [9.17, 15) is 0 Å². The van der Waals surface area contributed by atoms with Gasteiger partial charge in [-0.2, -0.15) is 0 Å². The summed E-state index contributed by atoms with van der Waals surface area (Å²) in [6, 6.07) is 6.09. The van der Waals surface area contributed by atoms with Gasteiger partial charge in [0.15, 0.2) is 5.96 Å². The number of likely N-dealkylation sites (tertiary alicyclic amines) is 1. The molecule has 27 heavy (non-hydrogen) atoms. The van der Waals surface area contributed by atoms with E-state index in [1.807, 2.05) is 12.1 Å². The van der Waals surface area contributed by atoms with Crippen LogP contribution in [0, 0.1) is 11.8 Å². The molecule has 2 N–H and O–H groups in total. The Labute approximate surface area is 163 Å². The van der Waals surface area contributed by atoms with Crippen LogP contribution < -0.4 is 10.6 Å². The van der Waals surface area contributed by atoms with E-state index < -0.39 is 0 Å². The summed E-state index contributed by atoms with van der Waals surface area (Å²) in [7, 11) is 0. The van der Waals surface area contributed by atoms with Crippen molar-refractivity contribution in [1.82, 2.24) is 15.5 Å². The van der Waals surface area contributed by atoms with Crippen LogP contribution in [0.3, 0.4) is 0 Å². The van der Waals surface area contributed by atoms with Gasteiger partial charge in [0.2, 0.25) is 0 Å². The average Bonchev–Trinajstić information content (AvgIpc) is 3.06. The third-order valence-corrected chi connectivity index (χ3v) is 7.20. The van der Waals surface area contributed by atoms with E-state index in [0.717, 1.165) is 42.6 Å². The van der Waals surface area contributed by atoms with Crippen LogP contribution in [0.15, 0.2) is 27.8 Å². The van der Waals surface area contributed by atoms with Crippen molar-refractivity contribution >= 4 is 5.96 Å². The molecule has 1 aromatic heterocycles. The van der Waals surface area contributed by atoms with Gasteiger partial charge in [0.1, 0.15) is 5.76 Å². The predicted molar refractivity (Wildman–Crippen MR) is 108 cm³/mol. The second-order valence-corrected chi connectivity index (χ2v) is 9.17. The molecule has 4 fully saturated rings. The number of hydrogen-bond acceptors (Lipinski definition) is 3. The Morgan fingerprint density at radius 1 is 1.07 bits per heavy atom. The molecule has 148 valence electrons. The second kappa shape index (κ2) is 7.86. The first-order chi connectivity index (χ1) is 13.3. The van der Waals surface area contributed by atoms with Gasteiger partial charge >= 0.3 is 0 Å². The quantitative estimate of drug-likeness (QED) is 0.597. The Kier molecular flexibility index (Phi) is 5.12. The number of fused-ring (bicyclic) bond motifs is 2. The molecular formula is C22H34N4O. The fraction of sp³-hybridized carbons (Fsp3) is 0.773. The summed E-state index contributed by atoms with van der Waals surface area (Å²) >= 11 is 0. The van der Waals surface area contributed by atoms with Gasteiger partial charge in [-0.15, -0.1) is 0 Å². The summed E-state index contributed by atoms with van der Waals surface area (Å²) in [5.41, 5.74) is 0. The van der Waals surface area contributed by atoms with Crippen molar-refractivity contribution in [2.45, 2.75) is 75.9 Å². The minimum atomic E-state index is 0.563. The zero-order chi connectivity index (χ0) is 18.1. The molecule has 3 saturated carbocycles. The second-order valence-electron chi connectivity index (χ2n) is 9.17. The number of piperidine rings is 1. The molecule has 3 atom stereocenters. The molecule has 5 heteroatoms. The van der Waals surface area contributed by atoms with Gasteiger partial charge in [0.05, 0.1) is 6.26 Å². The van der Waals surface area contributed by atoms with Gasteiger partial charge in [-0.1, -0.05) is 6.42 Å². The van der Waals surface area contributed by atoms with Crippen LogP contribution in [0.25, 0.3) is 0 Å². The van der Waals surface area contributed by atoms with Crippen LogP contribution in [0.1, 0.15) is 57.1 Å². The summed E-state index contributed by atoms with van der Waals surface area (Å²) in [5.74, 6) is 3.89. The SMILES string of the molecule is c1coc(CCN=C(NC2CCN(C3CC3)CC2)NC2CC3CCC2C3)c1. The van der Waals surface area contributed by atoms with Gasteiger partial charge in [-0.25, -0.2) is 0 Å². The molecule has 2 bridgehead atoms. The summed E-state index contributed by atoms with van der Waals surface area (Å²) in [4.78, 5) is 7.62. The molecule has 1 aromatic rings. The molecule has 5 nitrogen and oxygen atoms in total. The first kappa shape index (κ1) is 17.6. The average molecular weight is 371 g/mol. The Morgan fingerprint density at radius 2 is 1.96 bits per heavy atom. The van der Waals surface area contributed by atoms with Gasteiger partial charge in [-0.05, 0) is 68.9 Å². The number of furan rings is 1. The fourth-order valence-electron chi connectivity index (χ4n) is 5.50. The van der Waals surface area contributed by atoms with Crippen molar-refractivity contribution in [1.29, 1.82) is 0 Å². The molecule has 5 rings (SSSR count). The van der Waals surface area contributed by atoms with E-state index in [2.05, 4.69) is 15.5 Å². The summed E-state index contributed by atoms with van der Waals surface area (Å²) in [5, 5.41) is 7.60. The molecule has 2 heterocycles. The standard InChI is InChI=1S/C22H34N4O/c1-2-20(27-13-1)7-10-23-22(25-21-15-16-3-4-17(21)14-16)24-18-8-11-26(12-9-18)19-5-6-19/h1-2,13,16-19,21H,3-12,14-15H2,(H2,23,24,25). The highest BCUT2D eigenvalue weighted by Crippen LogP contribution is 2.44.